The normalized spacial score (nSPS) is 14.0. The van der Waals surface area contributed by atoms with Gasteiger partial charge in [0.1, 0.15) is 5.82 Å². The van der Waals surface area contributed by atoms with E-state index in [1.165, 1.54) is 12.8 Å². The molecule has 0 unspecified atom stereocenters. The van der Waals surface area contributed by atoms with Crippen molar-refractivity contribution in [1.29, 1.82) is 0 Å². The van der Waals surface area contributed by atoms with Crippen molar-refractivity contribution in [3.63, 3.8) is 0 Å². The topological polar surface area (TPSA) is 61.4 Å². The molecule has 1 aliphatic heterocycles. The third-order valence-electron chi connectivity index (χ3n) is 5.14. The number of benzene rings is 1. The first kappa shape index (κ1) is 22.6. The standard InChI is InChI=1S/C23H33N5OS/c1-17(2)20-15-21(28-11-5-6-12-28)26-23(25-20)30-16-18-8-7-9-19(14-18)22(29)24-10-13-27(3)4/h7-9,14-15,17H,5-6,10-13,16H2,1-4H3,(H,24,29). The van der Waals surface area contributed by atoms with Gasteiger partial charge in [-0.25, -0.2) is 9.97 Å². The minimum atomic E-state index is -0.0296. The Balaban J connectivity index is 1.67. The predicted octanol–water partition coefficient (Wildman–Crippen LogP) is 3.78. The Morgan fingerprint density at radius 1 is 1.20 bits per heavy atom. The maximum Gasteiger partial charge on any atom is 0.251 e. The van der Waals surface area contributed by atoms with Gasteiger partial charge in [-0.2, -0.15) is 0 Å². The van der Waals surface area contributed by atoms with Gasteiger partial charge in [-0.1, -0.05) is 37.7 Å². The summed E-state index contributed by atoms with van der Waals surface area (Å²) in [6.07, 6.45) is 2.46. The van der Waals surface area contributed by atoms with Crippen molar-refractivity contribution < 1.29 is 4.79 Å². The van der Waals surface area contributed by atoms with Gasteiger partial charge in [-0.15, -0.1) is 0 Å². The van der Waals surface area contributed by atoms with Crippen LogP contribution in [0.3, 0.4) is 0 Å². The Hall–Kier alpha value is -2.12. The van der Waals surface area contributed by atoms with E-state index in [4.69, 9.17) is 9.97 Å². The fourth-order valence-electron chi connectivity index (χ4n) is 3.34. The first-order valence-corrected chi connectivity index (χ1v) is 11.7. The number of aromatic nitrogens is 2. The molecule has 1 aliphatic rings. The fraction of sp³-hybridized carbons (Fsp3) is 0.522. The van der Waals surface area contributed by atoms with E-state index in [9.17, 15) is 4.79 Å². The van der Waals surface area contributed by atoms with Crippen molar-refractivity contribution in [3.05, 3.63) is 47.2 Å². The van der Waals surface area contributed by atoms with Crippen LogP contribution < -0.4 is 10.2 Å². The van der Waals surface area contributed by atoms with Crippen molar-refractivity contribution in [3.8, 4) is 0 Å². The van der Waals surface area contributed by atoms with E-state index in [1.54, 1.807) is 11.8 Å². The molecule has 1 saturated heterocycles. The molecule has 3 rings (SSSR count). The molecule has 0 atom stereocenters. The van der Waals surface area contributed by atoms with Crippen molar-refractivity contribution >= 4 is 23.5 Å². The highest BCUT2D eigenvalue weighted by Crippen LogP contribution is 2.27. The second-order valence-electron chi connectivity index (χ2n) is 8.33. The first-order chi connectivity index (χ1) is 14.4. The van der Waals surface area contributed by atoms with Crippen molar-refractivity contribution in [2.24, 2.45) is 0 Å². The van der Waals surface area contributed by atoms with Gasteiger partial charge in [-0.3, -0.25) is 4.79 Å². The van der Waals surface area contributed by atoms with Gasteiger partial charge in [0.2, 0.25) is 0 Å². The predicted molar refractivity (Wildman–Crippen MR) is 124 cm³/mol. The summed E-state index contributed by atoms with van der Waals surface area (Å²) in [7, 11) is 3.99. The zero-order chi connectivity index (χ0) is 21.5. The van der Waals surface area contributed by atoms with Crippen LogP contribution >= 0.6 is 11.8 Å². The molecule has 0 bridgehead atoms. The van der Waals surface area contributed by atoms with E-state index in [0.29, 0.717) is 18.0 Å². The molecule has 2 aromatic rings. The van der Waals surface area contributed by atoms with Crippen molar-refractivity contribution in [2.45, 2.75) is 43.5 Å². The number of carbonyl (C=O) groups is 1. The lowest BCUT2D eigenvalue weighted by molar-refractivity contribution is 0.0951. The molecule has 7 heteroatoms. The molecule has 0 spiro atoms. The van der Waals surface area contributed by atoms with Crippen molar-refractivity contribution in [2.75, 3.05) is 45.2 Å². The van der Waals surface area contributed by atoms with Crippen LogP contribution in [-0.4, -0.2) is 61.0 Å². The number of carbonyl (C=O) groups excluding carboxylic acids is 1. The number of hydrogen-bond acceptors (Lipinski definition) is 6. The van der Waals surface area contributed by atoms with Gasteiger partial charge < -0.3 is 15.1 Å². The van der Waals surface area contributed by atoms with Crippen LogP contribution in [0.15, 0.2) is 35.5 Å². The molecule has 1 amide bonds. The number of amides is 1. The molecule has 6 nitrogen and oxygen atoms in total. The summed E-state index contributed by atoms with van der Waals surface area (Å²) in [6.45, 7) is 7.95. The van der Waals surface area contributed by atoms with Gasteiger partial charge in [0.05, 0.1) is 0 Å². The minimum absolute atomic E-state index is 0.0296. The lowest BCUT2D eigenvalue weighted by Gasteiger charge is -2.18. The maximum atomic E-state index is 12.4. The smallest absolute Gasteiger partial charge is 0.251 e. The highest BCUT2D eigenvalue weighted by Gasteiger charge is 2.17. The van der Waals surface area contributed by atoms with Gasteiger partial charge in [0.15, 0.2) is 5.16 Å². The molecule has 0 saturated carbocycles. The molecule has 1 N–H and O–H groups in total. The average Bonchev–Trinajstić information content (AvgIpc) is 3.27. The fourth-order valence-corrected chi connectivity index (χ4v) is 4.15. The number of thioether (sulfide) groups is 1. The largest absolute Gasteiger partial charge is 0.356 e. The molecule has 1 fully saturated rings. The number of nitrogens with zero attached hydrogens (tertiary/aromatic N) is 4. The lowest BCUT2D eigenvalue weighted by Crippen LogP contribution is -2.31. The Kier molecular flexibility index (Phi) is 8.10. The second-order valence-corrected chi connectivity index (χ2v) is 9.27. The monoisotopic (exact) mass is 427 g/mol. The lowest BCUT2D eigenvalue weighted by atomic mass is 10.1. The Bertz CT molecular complexity index is 849. The highest BCUT2D eigenvalue weighted by molar-refractivity contribution is 7.98. The molecule has 1 aromatic heterocycles. The third-order valence-corrected chi connectivity index (χ3v) is 6.05. The summed E-state index contributed by atoms with van der Waals surface area (Å²) in [5, 5.41) is 3.78. The zero-order valence-corrected chi connectivity index (χ0v) is 19.3. The summed E-state index contributed by atoms with van der Waals surface area (Å²) in [6, 6.07) is 9.96. The molecule has 0 radical (unpaired) electrons. The van der Waals surface area contributed by atoms with Crippen LogP contribution in [0.5, 0.6) is 0 Å². The van der Waals surface area contributed by atoms with Crippen LogP contribution in [0.1, 0.15) is 54.2 Å². The SMILES string of the molecule is CC(C)c1cc(N2CCCC2)nc(SCc2cccc(C(=O)NCCN(C)C)c2)n1. The van der Waals surface area contributed by atoms with E-state index in [-0.39, 0.29) is 5.91 Å². The molecule has 30 heavy (non-hydrogen) atoms. The van der Waals surface area contributed by atoms with E-state index >= 15 is 0 Å². The first-order valence-electron chi connectivity index (χ1n) is 10.7. The van der Waals surface area contributed by atoms with Crippen LogP contribution in [-0.2, 0) is 5.75 Å². The van der Waals surface area contributed by atoms with Crippen molar-refractivity contribution in [1.82, 2.24) is 20.2 Å². The minimum Gasteiger partial charge on any atom is -0.356 e. The molecule has 162 valence electrons. The molecule has 0 aliphatic carbocycles. The van der Waals surface area contributed by atoms with Gasteiger partial charge >= 0.3 is 0 Å². The number of nitrogens with one attached hydrogen (secondary N) is 1. The highest BCUT2D eigenvalue weighted by atomic mass is 32.2. The van der Waals surface area contributed by atoms with Gasteiger partial charge in [-0.05, 0) is 50.6 Å². The van der Waals surface area contributed by atoms with Crippen LogP contribution in [0.4, 0.5) is 5.82 Å². The molecule has 2 heterocycles. The Morgan fingerprint density at radius 2 is 1.97 bits per heavy atom. The van der Waals surface area contributed by atoms with E-state index in [0.717, 1.165) is 47.6 Å². The molecular weight excluding hydrogens is 394 g/mol. The molecule has 1 aromatic carbocycles. The summed E-state index contributed by atoms with van der Waals surface area (Å²) < 4.78 is 0. The van der Waals surface area contributed by atoms with Crippen LogP contribution in [0.25, 0.3) is 0 Å². The van der Waals surface area contributed by atoms with E-state index < -0.39 is 0 Å². The number of rotatable bonds is 9. The Labute approximate surface area is 184 Å². The van der Waals surface area contributed by atoms with Gasteiger partial charge in [0.25, 0.3) is 5.91 Å². The summed E-state index contributed by atoms with van der Waals surface area (Å²) in [5.41, 5.74) is 2.88. The molecular formula is C23H33N5OS. The second kappa shape index (κ2) is 10.8. The summed E-state index contributed by atoms with van der Waals surface area (Å²) >= 11 is 1.63. The number of anilines is 1. The Morgan fingerprint density at radius 3 is 2.67 bits per heavy atom. The summed E-state index contributed by atoms with van der Waals surface area (Å²) in [4.78, 5) is 26.4. The van der Waals surface area contributed by atoms with E-state index in [2.05, 4.69) is 41.1 Å². The number of likely N-dealkylation sites (N-methyl/N-ethyl adjacent to an activating group) is 1. The zero-order valence-electron chi connectivity index (χ0n) is 18.5. The average molecular weight is 428 g/mol. The summed E-state index contributed by atoms with van der Waals surface area (Å²) in [5.74, 6) is 2.11. The third kappa shape index (κ3) is 6.44. The van der Waals surface area contributed by atoms with Crippen LogP contribution in [0.2, 0.25) is 0 Å². The van der Waals surface area contributed by atoms with Gasteiger partial charge in [0, 0.05) is 49.3 Å². The quantitative estimate of drug-likeness (QED) is 0.485. The van der Waals surface area contributed by atoms with E-state index in [1.807, 2.05) is 32.3 Å². The van der Waals surface area contributed by atoms with Crippen LogP contribution in [0, 0.1) is 0 Å². The number of hydrogen-bond donors (Lipinski definition) is 1. The maximum absolute atomic E-state index is 12.4.